The van der Waals surface area contributed by atoms with Crippen molar-refractivity contribution in [3.8, 4) is 34.5 Å². The number of ether oxygens (including phenoxy) is 8. The number of benzene rings is 9. The fraction of sp³-hybridized carbons (Fsp3) is 0.376. The number of H-pyrrole nitrogens is 3. The average molecular weight is 1840 g/mol. The van der Waals surface area contributed by atoms with Crippen LogP contribution in [0.3, 0.4) is 0 Å². The first-order valence-corrected chi connectivity index (χ1v) is 46.8. The maximum atomic E-state index is 13.5. The van der Waals surface area contributed by atoms with Gasteiger partial charge >= 0.3 is 18.3 Å². The Hall–Kier alpha value is -9.65. The van der Waals surface area contributed by atoms with E-state index in [9.17, 15) is 14.4 Å². The van der Waals surface area contributed by atoms with E-state index in [1.165, 1.54) is 55.2 Å². The molecule has 16 rings (SSSR count). The van der Waals surface area contributed by atoms with E-state index < -0.39 is 18.3 Å². The van der Waals surface area contributed by atoms with Gasteiger partial charge in [-0.05, 0) is 288 Å². The number of hydrogen-bond donors (Lipinski definition) is 5. The summed E-state index contributed by atoms with van der Waals surface area (Å²) in [6.45, 7) is 16.8. The van der Waals surface area contributed by atoms with Gasteiger partial charge in [0.15, 0.2) is 0 Å². The van der Waals surface area contributed by atoms with Crippen LogP contribution in [0.5, 0.6) is 34.5 Å². The van der Waals surface area contributed by atoms with Crippen molar-refractivity contribution in [1.82, 2.24) is 45.2 Å². The Morgan fingerprint density at radius 2 is 0.685 bits per heavy atom. The smallest absolute Gasteiger partial charge is 0.416 e. The highest BCUT2D eigenvalue weighted by molar-refractivity contribution is 6.32. The lowest BCUT2D eigenvalue weighted by atomic mass is 9.92. The average Bonchev–Trinajstić information content (AvgIpc) is 1.62. The van der Waals surface area contributed by atoms with E-state index in [2.05, 4.69) is 44.3 Å². The first-order chi connectivity index (χ1) is 62.0. The molecule has 3 unspecified atom stereocenters. The van der Waals surface area contributed by atoms with Crippen LogP contribution in [-0.2, 0) is 28.7 Å². The summed E-state index contributed by atoms with van der Waals surface area (Å²) < 4.78 is 46.0. The van der Waals surface area contributed by atoms with Gasteiger partial charge in [0.05, 0.1) is 33.0 Å². The molecule has 4 aliphatic rings. The summed E-state index contributed by atoms with van der Waals surface area (Å²) >= 11 is 37.1. The van der Waals surface area contributed by atoms with E-state index in [-0.39, 0.29) is 18.1 Å². The second-order valence-corrected chi connectivity index (χ2v) is 35.4. The number of unbranched alkanes of at least 4 members (excludes halogenated alkanes) is 9. The molecule has 5 N–H and O–H groups in total. The minimum absolute atomic E-state index is 0.349. The van der Waals surface area contributed by atoms with Crippen molar-refractivity contribution >= 4 is 121 Å². The summed E-state index contributed by atoms with van der Waals surface area (Å²) in [6, 6.07) is 61.6. The Morgan fingerprint density at radius 1 is 0.370 bits per heavy atom. The highest BCUT2D eigenvalue weighted by atomic mass is 35.5. The third-order valence-electron chi connectivity index (χ3n) is 23.5. The molecule has 0 saturated carbocycles. The summed E-state index contributed by atoms with van der Waals surface area (Å²) in [6.07, 6.45) is 15.5. The third kappa shape index (κ3) is 25.9. The molecule has 7 heterocycles. The Morgan fingerprint density at radius 3 is 1.03 bits per heavy atom. The monoisotopic (exact) mass is 1840 g/mol. The Labute approximate surface area is 774 Å². The number of carbonyl (C=O) groups excluding carboxylic acids is 3. The molecule has 26 heteroatoms. The van der Waals surface area contributed by atoms with Gasteiger partial charge < -0.3 is 63.5 Å². The molecule has 1 fully saturated rings. The van der Waals surface area contributed by atoms with E-state index in [4.69, 9.17) is 108 Å². The molecule has 4 aliphatic heterocycles. The molecule has 3 atom stereocenters. The van der Waals surface area contributed by atoms with E-state index in [1.54, 1.807) is 94.6 Å². The number of nitrogens with one attached hydrogen (secondary N) is 5. The van der Waals surface area contributed by atoms with Gasteiger partial charge in [0, 0.05) is 132 Å². The number of morpholine rings is 1. The van der Waals surface area contributed by atoms with Crippen LogP contribution in [-0.4, -0.2) is 165 Å². The molecule has 0 spiro atoms. The van der Waals surface area contributed by atoms with Crippen LogP contribution in [0.2, 0.25) is 30.1 Å². The van der Waals surface area contributed by atoms with Crippen molar-refractivity contribution in [2.45, 2.75) is 141 Å². The summed E-state index contributed by atoms with van der Waals surface area (Å²) in [4.78, 5) is 59.1. The Bertz CT molecular complexity index is 5520. The maximum Gasteiger partial charge on any atom is 0.416 e. The molecule has 670 valence electrons. The number of aromatic nitrogens is 3. The van der Waals surface area contributed by atoms with Crippen molar-refractivity contribution in [2.75, 3.05) is 106 Å². The van der Waals surface area contributed by atoms with Crippen molar-refractivity contribution in [2.24, 2.45) is 0 Å². The van der Waals surface area contributed by atoms with Gasteiger partial charge in [0.2, 0.25) is 0 Å². The van der Waals surface area contributed by atoms with E-state index in [0.717, 1.165) is 188 Å². The number of nitrogens with zero attached hydrogens (tertiary/aromatic N) is 4. The normalized spacial score (nSPS) is 15.5. The lowest BCUT2D eigenvalue weighted by molar-refractivity contribution is 0.0371. The van der Waals surface area contributed by atoms with Crippen LogP contribution in [0.15, 0.2) is 200 Å². The number of rotatable bonds is 35. The summed E-state index contributed by atoms with van der Waals surface area (Å²) in [5.74, 6) is 3.82. The first-order valence-electron chi connectivity index (χ1n) is 44.5. The van der Waals surface area contributed by atoms with Gasteiger partial charge in [-0.2, -0.15) is 0 Å². The number of aromatic amines is 3. The summed E-state index contributed by atoms with van der Waals surface area (Å²) in [7, 11) is 1.74. The number of fused-ring (bicyclic) bond motifs is 9. The van der Waals surface area contributed by atoms with Gasteiger partial charge in [-0.15, -0.1) is 0 Å². The standard InChI is InChI=1S/C34H37Cl2N3O4.C34H39Cl2N3O4.C33H37Cl2N3O3/c35-25-7-12-28(13-8-25)43-34(40)39-17-15-29-30-23-26(36)9-14-31(30)37-32(29)33(39)24-5-10-27(11-6-24)42-20-4-2-1-3-16-38-18-21-41-22-19-38;1-41-21-6-19-37-18-4-2-3-5-22-42-27-12-7-24(8-13-27)33-32-29(30-23-26(36)11-16-31(30)38-32)17-20-39(33)34(40)43-28-14-9-25(35)10-15-28;1-22(2)36-18-5-3-4-6-20-40-26-12-7-23(8-13-26)32-31-28(29-21-25(35)11-16-30(29)37-31)17-19-38(32)33(39)41-27-14-9-24(34)10-15-27/h5-14,23,33,37H,1-4,15-22H2;7-16,23,33,37-38H,2-6,17-22H2,1H3;7-16,21-22,32,36-37H,3-6,17-20H2,1-2H3. The second kappa shape index (κ2) is 47.1. The van der Waals surface area contributed by atoms with E-state index >= 15 is 0 Å². The molecular formula is C101H113Cl6N9O11. The number of halogens is 6. The fourth-order valence-electron chi connectivity index (χ4n) is 17.0. The van der Waals surface area contributed by atoms with Crippen LogP contribution in [0.25, 0.3) is 32.7 Å². The zero-order chi connectivity index (χ0) is 88.4. The fourth-order valence-corrected chi connectivity index (χ4v) is 17.9. The van der Waals surface area contributed by atoms with Crippen LogP contribution >= 0.6 is 69.6 Å². The first kappa shape index (κ1) is 93.5. The molecule has 0 aliphatic carbocycles. The highest BCUT2D eigenvalue weighted by Crippen LogP contribution is 2.45. The van der Waals surface area contributed by atoms with E-state index in [0.29, 0.717) is 112 Å². The van der Waals surface area contributed by atoms with Crippen LogP contribution in [0, 0.1) is 0 Å². The Balaban J connectivity index is 0.000000154. The van der Waals surface area contributed by atoms with Crippen molar-refractivity contribution in [3.05, 3.63) is 281 Å². The predicted molar refractivity (Wildman–Crippen MR) is 510 cm³/mol. The van der Waals surface area contributed by atoms with Crippen LogP contribution in [0.1, 0.15) is 166 Å². The molecule has 1 saturated heterocycles. The number of amides is 3. The van der Waals surface area contributed by atoms with Crippen molar-refractivity contribution in [1.29, 1.82) is 0 Å². The molecule has 3 amide bonds. The molecule has 3 aromatic heterocycles. The lowest BCUT2D eigenvalue weighted by Crippen LogP contribution is -2.42. The zero-order valence-corrected chi connectivity index (χ0v) is 76.9. The molecule has 9 aromatic carbocycles. The van der Waals surface area contributed by atoms with Crippen molar-refractivity contribution in [3.63, 3.8) is 0 Å². The topological polar surface area (TPSA) is 209 Å². The largest absolute Gasteiger partial charge is 0.494 e. The number of hydrogen-bond acceptors (Lipinski definition) is 14. The quantitative estimate of drug-likeness (QED) is 0.0234. The Kier molecular flexibility index (Phi) is 34.7. The molecular weight excluding hydrogens is 1730 g/mol. The predicted octanol–water partition coefficient (Wildman–Crippen LogP) is 24.6. The zero-order valence-electron chi connectivity index (χ0n) is 72.3. The third-order valence-corrected chi connectivity index (χ3v) is 24.9. The minimum Gasteiger partial charge on any atom is -0.494 e. The second-order valence-electron chi connectivity index (χ2n) is 32.8. The van der Waals surface area contributed by atoms with Gasteiger partial charge in [-0.25, -0.2) is 14.4 Å². The number of carbonyl (C=O) groups is 3. The minimum atomic E-state index is -0.417. The maximum absolute atomic E-state index is 13.5. The summed E-state index contributed by atoms with van der Waals surface area (Å²) in [5.41, 5.74) is 12.3. The van der Waals surface area contributed by atoms with E-state index in [1.807, 2.05) is 127 Å². The summed E-state index contributed by atoms with van der Waals surface area (Å²) in [5, 5.41) is 14.0. The molecule has 20 nitrogen and oxygen atoms in total. The SMILES string of the molecule is CC(C)NCCCCCCOc1ccc(C2c3[nH]c4ccc(Cl)cc4c3CCN2C(=O)Oc2ccc(Cl)cc2)cc1.COCCCNCCCCCCOc1ccc(C2c3[nH]c4ccc(Cl)cc4c3CCN2C(=O)Oc2ccc(Cl)cc2)cc1.O=C(Oc1ccc(Cl)cc1)N1CCc2c([nH]c3ccc(Cl)cc23)C1c1ccc(OCCCCCCN2CCOCC2)cc1. The molecule has 0 bridgehead atoms. The van der Waals surface area contributed by atoms with Gasteiger partial charge in [-0.3, -0.25) is 19.6 Å². The highest BCUT2D eigenvalue weighted by Gasteiger charge is 2.40. The van der Waals surface area contributed by atoms with Gasteiger partial charge in [-0.1, -0.05) is 158 Å². The molecule has 127 heavy (non-hydrogen) atoms. The number of methoxy groups -OCH3 is 1. The van der Waals surface area contributed by atoms with Crippen LogP contribution < -0.4 is 39.1 Å². The van der Waals surface area contributed by atoms with Crippen molar-refractivity contribution < 1.29 is 52.3 Å². The molecule has 12 aromatic rings. The lowest BCUT2D eigenvalue weighted by Gasteiger charge is -2.35. The van der Waals surface area contributed by atoms with Gasteiger partial charge in [0.1, 0.15) is 52.6 Å². The van der Waals surface area contributed by atoms with Crippen LogP contribution in [0.4, 0.5) is 14.4 Å². The van der Waals surface area contributed by atoms with Gasteiger partial charge in [0.25, 0.3) is 0 Å². The molecule has 0 radical (unpaired) electrons.